The molecular formula is C13H32N4. The molecule has 0 bridgehead atoms. The first-order valence-electron chi connectivity index (χ1n) is 7.24. The van der Waals surface area contributed by atoms with Gasteiger partial charge in [-0.25, -0.2) is 0 Å². The first-order valence-corrected chi connectivity index (χ1v) is 7.24. The Morgan fingerprint density at radius 2 is 1.06 bits per heavy atom. The topological polar surface area (TPSA) is 62.1 Å². The van der Waals surface area contributed by atoms with Gasteiger partial charge in [-0.15, -0.1) is 0 Å². The van der Waals surface area contributed by atoms with E-state index in [4.69, 9.17) is 5.73 Å². The highest BCUT2D eigenvalue weighted by atomic mass is 14.9. The van der Waals surface area contributed by atoms with Gasteiger partial charge in [-0.1, -0.05) is 13.3 Å². The maximum atomic E-state index is 5.41. The van der Waals surface area contributed by atoms with Gasteiger partial charge in [-0.3, -0.25) is 0 Å². The molecule has 0 atom stereocenters. The molecule has 0 spiro atoms. The van der Waals surface area contributed by atoms with Gasteiger partial charge < -0.3 is 21.7 Å². The SMILES string of the molecule is CCCCNCCCNCCCNCCCN. The van der Waals surface area contributed by atoms with Crippen LogP contribution in [-0.2, 0) is 0 Å². The Morgan fingerprint density at radius 3 is 1.47 bits per heavy atom. The molecule has 0 rings (SSSR count). The second-order valence-corrected chi connectivity index (χ2v) is 4.45. The smallest absolute Gasteiger partial charge is 0.00368 e. The maximum absolute atomic E-state index is 5.41. The lowest BCUT2D eigenvalue weighted by Gasteiger charge is -2.06. The van der Waals surface area contributed by atoms with E-state index in [0.29, 0.717) is 0 Å². The molecule has 0 radical (unpaired) electrons. The molecule has 0 unspecified atom stereocenters. The Hall–Kier alpha value is -0.160. The highest BCUT2D eigenvalue weighted by Crippen LogP contribution is 1.83. The second-order valence-electron chi connectivity index (χ2n) is 4.45. The van der Waals surface area contributed by atoms with Gasteiger partial charge >= 0.3 is 0 Å². The third kappa shape index (κ3) is 15.8. The molecule has 0 aliphatic heterocycles. The van der Waals surface area contributed by atoms with Crippen molar-refractivity contribution in [1.29, 1.82) is 0 Å². The molecular weight excluding hydrogens is 212 g/mol. The summed E-state index contributed by atoms with van der Waals surface area (Å²) in [5, 5.41) is 10.3. The summed E-state index contributed by atoms with van der Waals surface area (Å²) in [4.78, 5) is 0. The van der Waals surface area contributed by atoms with E-state index in [1.54, 1.807) is 0 Å². The summed E-state index contributed by atoms with van der Waals surface area (Å²) < 4.78 is 0. The van der Waals surface area contributed by atoms with Gasteiger partial charge in [0.05, 0.1) is 0 Å². The molecule has 4 nitrogen and oxygen atoms in total. The van der Waals surface area contributed by atoms with Crippen molar-refractivity contribution in [2.75, 3.05) is 45.8 Å². The monoisotopic (exact) mass is 244 g/mol. The molecule has 0 saturated heterocycles. The average molecular weight is 244 g/mol. The van der Waals surface area contributed by atoms with Gasteiger partial charge in [-0.05, 0) is 71.5 Å². The van der Waals surface area contributed by atoms with Crippen molar-refractivity contribution in [3.63, 3.8) is 0 Å². The van der Waals surface area contributed by atoms with Crippen molar-refractivity contribution in [3.05, 3.63) is 0 Å². The minimum absolute atomic E-state index is 0.788. The highest BCUT2D eigenvalue weighted by molar-refractivity contribution is 4.54. The molecule has 0 aromatic carbocycles. The minimum atomic E-state index is 0.788. The van der Waals surface area contributed by atoms with E-state index in [0.717, 1.165) is 45.7 Å². The fraction of sp³-hybridized carbons (Fsp3) is 1.00. The van der Waals surface area contributed by atoms with Crippen LogP contribution in [-0.4, -0.2) is 45.8 Å². The van der Waals surface area contributed by atoms with Crippen LogP contribution in [0, 0.1) is 0 Å². The molecule has 0 aromatic rings. The van der Waals surface area contributed by atoms with Crippen LogP contribution in [0.3, 0.4) is 0 Å². The summed E-state index contributed by atoms with van der Waals surface area (Å²) in [6, 6.07) is 0. The number of rotatable bonds is 14. The van der Waals surface area contributed by atoms with E-state index in [2.05, 4.69) is 22.9 Å². The van der Waals surface area contributed by atoms with Crippen LogP contribution in [0.4, 0.5) is 0 Å². The summed E-state index contributed by atoms with van der Waals surface area (Å²) in [5.41, 5.74) is 5.41. The number of unbranched alkanes of at least 4 members (excludes halogenated alkanes) is 1. The molecule has 104 valence electrons. The maximum Gasteiger partial charge on any atom is -0.00368 e. The summed E-state index contributed by atoms with van der Waals surface area (Å²) in [6.45, 7) is 9.72. The van der Waals surface area contributed by atoms with Crippen LogP contribution < -0.4 is 21.7 Å². The van der Waals surface area contributed by atoms with E-state index < -0.39 is 0 Å². The predicted molar refractivity (Wildman–Crippen MR) is 76.4 cm³/mol. The zero-order valence-corrected chi connectivity index (χ0v) is 11.6. The largest absolute Gasteiger partial charge is 0.330 e. The third-order valence-corrected chi connectivity index (χ3v) is 2.68. The van der Waals surface area contributed by atoms with Crippen molar-refractivity contribution < 1.29 is 0 Å². The first kappa shape index (κ1) is 16.8. The van der Waals surface area contributed by atoms with E-state index in [1.807, 2.05) is 0 Å². The fourth-order valence-corrected chi connectivity index (χ4v) is 1.58. The van der Waals surface area contributed by atoms with Gasteiger partial charge in [0.2, 0.25) is 0 Å². The van der Waals surface area contributed by atoms with Crippen molar-refractivity contribution in [2.45, 2.75) is 39.0 Å². The number of hydrogen-bond donors (Lipinski definition) is 4. The lowest BCUT2D eigenvalue weighted by molar-refractivity contribution is 0.556. The normalized spacial score (nSPS) is 10.9. The second kappa shape index (κ2) is 15.8. The van der Waals surface area contributed by atoms with E-state index in [1.165, 1.54) is 32.2 Å². The summed E-state index contributed by atoms with van der Waals surface area (Å²) >= 11 is 0. The molecule has 0 fully saturated rings. The highest BCUT2D eigenvalue weighted by Gasteiger charge is 1.90. The number of nitrogens with two attached hydrogens (primary N) is 1. The van der Waals surface area contributed by atoms with Crippen molar-refractivity contribution >= 4 is 0 Å². The van der Waals surface area contributed by atoms with Crippen molar-refractivity contribution in [2.24, 2.45) is 5.73 Å². The minimum Gasteiger partial charge on any atom is -0.330 e. The van der Waals surface area contributed by atoms with Gasteiger partial charge in [0.25, 0.3) is 0 Å². The third-order valence-electron chi connectivity index (χ3n) is 2.68. The fourth-order valence-electron chi connectivity index (χ4n) is 1.58. The van der Waals surface area contributed by atoms with Crippen LogP contribution in [0.2, 0.25) is 0 Å². The average Bonchev–Trinajstić information content (AvgIpc) is 2.35. The van der Waals surface area contributed by atoms with Crippen LogP contribution in [0.15, 0.2) is 0 Å². The van der Waals surface area contributed by atoms with Crippen molar-refractivity contribution in [1.82, 2.24) is 16.0 Å². The molecule has 0 heterocycles. The first-order chi connectivity index (χ1) is 8.41. The summed E-state index contributed by atoms with van der Waals surface area (Å²) in [6.07, 6.45) is 6.08. The standard InChI is InChI=1S/C13H32N4/c1-2-3-8-15-10-5-12-17-13-6-11-16-9-4-7-14/h15-17H,2-14H2,1H3. The van der Waals surface area contributed by atoms with Crippen molar-refractivity contribution in [3.8, 4) is 0 Å². The van der Waals surface area contributed by atoms with Gasteiger partial charge in [-0.2, -0.15) is 0 Å². The van der Waals surface area contributed by atoms with Crippen LogP contribution in [0.25, 0.3) is 0 Å². The van der Waals surface area contributed by atoms with E-state index >= 15 is 0 Å². The zero-order chi connectivity index (χ0) is 12.6. The quantitative estimate of drug-likeness (QED) is 0.340. The Labute approximate surface area is 107 Å². The van der Waals surface area contributed by atoms with Crippen LogP contribution >= 0.6 is 0 Å². The molecule has 0 aromatic heterocycles. The Balaban J connectivity index is 2.85. The van der Waals surface area contributed by atoms with E-state index in [-0.39, 0.29) is 0 Å². The number of nitrogens with one attached hydrogen (secondary N) is 3. The molecule has 0 aliphatic carbocycles. The lowest BCUT2D eigenvalue weighted by atomic mass is 10.3. The predicted octanol–water partition coefficient (Wildman–Crippen LogP) is 0.684. The molecule has 4 heteroatoms. The number of hydrogen-bond acceptors (Lipinski definition) is 4. The Bertz CT molecular complexity index is 117. The van der Waals surface area contributed by atoms with E-state index in [9.17, 15) is 0 Å². The summed E-state index contributed by atoms with van der Waals surface area (Å²) in [7, 11) is 0. The molecule has 5 N–H and O–H groups in total. The Morgan fingerprint density at radius 1 is 0.647 bits per heavy atom. The van der Waals surface area contributed by atoms with Crippen LogP contribution in [0.5, 0.6) is 0 Å². The zero-order valence-electron chi connectivity index (χ0n) is 11.6. The molecule has 0 saturated carbocycles. The van der Waals surface area contributed by atoms with Gasteiger partial charge in [0.15, 0.2) is 0 Å². The summed E-state index contributed by atoms with van der Waals surface area (Å²) in [5.74, 6) is 0. The lowest BCUT2D eigenvalue weighted by Crippen LogP contribution is -2.26. The van der Waals surface area contributed by atoms with Gasteiger partial charge in [0.1, 0.15) is 0 Å². The molecule has 0 aliphatic rings. The molecule has 17 heavy (non-hydrogen) atoms. The van der Waals surface area contributed by atoms with Gasteiger partial charge in [0, 0.05) is 0 Å². The molecule has 0 amide bonds. The Kier molecular flexibility index (Phi) is 15.7. The van der Waals surface area contributed by atoms with Crippen LogP contribution in [0.1, 0.15) is 39.0 Å².